The number of rotatable bonds is 2. The fourth-order valence-corrected chi connectivity index (χ4v) is 1.60. The summed E-state index contributed by atoms with van der Waals surface area (Å²) in [6.07, 6.45) is 3.47. The lowest BCUT2D eigenvalue weighted by molar-refractivity contribution is 0.532. The van der Waals surface area contributed by atoms with Crippen molar-refractivity contribution in [3.63, 3.8) is 0 Å². The van der Waals surface area contributed by atoms with Crippen molar-refractivity contribution in [3.05, 3.63) is 17.7 Å². The van der Waals surface area contributed by atoms with E-state index < -0.39 is 0 Å². The van der Waals surface area contributed by atoms with Crippen molar-refractivity contribution >= 4 is 22.6 Å². The minimum atomic E-state index is 0.366. The van der Waals surface area contributed by atoms with Gasteiger partial charge in [0.2, 0.25) is 0 Å². The van der Waals surface area contributed by atoms with Crippen molar-refractivity contribution in [3.8, 4) is 0 Å². The summed E-state index contributed by atoms with van der Waals surface area (Å²) in [6.45, 7) is 5.22. The van der Waals surface area contributed by atoms with Crippen LogP contribution in [0, 0.1) is 5.92 Å². The lowest BCUT2D eigenvalue weighted by atomic mass is 10.2. The van der Waals surface area contributed by atoms with Crippen molar-refractivity contribution in [2.45, 2.75) is 20.4 Å². The minimum absolute atomic E-state index is 0.366. The van der Waals surface area contributed by atoms with E-state index in [1.54, 1.807) is 12.5 Å². The third kappa shape index (κ3) is 1.57. The second kappa shape index (κ2) is 3.53. The average Bonchev–Trinajstić information content (AvgIpc) is 2.49. The fourth-order valence-electron chi connectivity index (χ4n) is 1.41. The van der Waals surface area contributed by atoms with Gasteiger partial charge in [0.25, 0.3) is 0 Å². The fraction of sp³-hybridized carbons (Fsp3) is 0.444. The van der Waals surface area contributed by atoms with Gasteiger partial charge in [-0.3, -0.25) is 0 Å². The summed E-state index contributed by atoms with van der Waals surface area (Å²) in [5, 5.41) is 7.91. The van der Waals surface area contributed by atoms with Crippen LogP contribution in [0.4, 0.5) is 0 Å². The molecule has 0 aromatic carbocycles. The van der Waals surface area contributed by atoms with Crippen LogP contribution in [0.1, 0.15) is 13.8 Å². The van der Waals surface area contributed by atoms with E-state index >= 15 is 0 Å². The maximum Gasteiger partial charge on any atom is 0.179 e. The first-order valence-corrected chi connectivity index (χ1v) is 4.88. The van der Waals surface area contributed by atoms with Gasteiger partial charge in [-0.15, -0.1) is 5.10 Å². The van der Waals surface area contributed by atoms with E-state index in [4.69, 9.17) is 11.6 Å². The molecular weight excluding hydrogens is 200 g/mol. The second-order valence-corrected chi connectivity index (χ2v) is 4.02. The average molecular weight is 211 g/mol. The molecule has 0 spiro atoms. The van der Waals surface area contributed by atoms with Gasteiger partial charge in [0.05, 0.1) is 18.0 Å². The number of fused-ring (bicyclic) bond motifs is 1. The highest BCUT2D eigenvalue weighted by atomic mass is 35.5. The molecule has 0 amide bonds. The number of nitrogens with zero attached hydrogens (tertiary/aromatic N) is 4. The monoisotopic (exact) mass is 210 g/mol. The maximum atomic E-state index is 5.86. The Morgan fingerprint density at radius 3 is 3.00 bits per heavy atom. The first kappa shape index (κ1) is 9.40. The Morgan fingerprint density at radius 1 is 1.50 bits per heavy atom. The topological polar surface area (TPSA) is 43.6 Å². The molecule has 0 aliphatic carbocycles. The molecule has 0 aliphatic heterocycles. The van der Waals surface area contributed by atoms with Crippen LogP contribution in [0.2, 0.25) is 5.15 Å². The summed E-state index contributed by atoms with van der Waals surface area (Å²) < 4.78 is 2.04. The number of hydrogen-bond donors (Lipinski definition) is 0. The molecule has 5 heteroatoms. The highest BCUT2D eigenvalue weighted by Crippen LogP contribution is 2.18. The molecule has 0 radical (unpaired) electrons. The van der Waals surface area contributed by atoms with Crippen molar-refractivity contribution < 1.29 is 0 Å². The summed E-state index contributed by atoms with van der Waals surface area (Å²) in [4.78, 5) is 4.20. The zero-order valence-corrected chi connectivity index (χ0v) is 8.86. The van der Waals surface area contributed by atoms with Crippen LogP contribution in [0.25, 0.3) is 11.0 Å². The number of imidazole rings is 1. The molecule has 0 saturated heterocycles. The number of halogens is 1. The van der Waals surface area contributed by atoms with Crippen LogP contribution >= 0.6 is 11.6 Å². The molecule has 2 rings (SSSR count). The molecule has 2 aromatic heterocycles. The van der Waals surface area contributed by atoms with Crippen LogP contribution in [0.5, 0.6) is 0 Å². The van der Waals surface area contributed by atoms with E-state index in [1.165, 1.54) is 0 Å². The summed E-state index contributed by atoms with van der Waals surface area (Å²) in [5.74, 6) is 0.569. The Balaban J connectivity index is 2.52. The molecule has 74 valence electrons. The highest BCUT2D eigenvalue weighted by Gasteiger charge is 2.08. The standard InChI is InChI=1S/C9H11ClN4/c1-6(2)4-14-5-11-8-7(14)3-12-13-9(8)10/h3,5-6H,4H2,1-2H3. The number of hydrogen-bond acceptors (Lipinski definition) is 3. The lowest BCUT2D eigenvalue weighted by Crippen LogP contribution is -2.02. The van der Waals surface area contributed by atoms with Crippen LogP contribution in [-0.2, 0) is 6.54 Å². The molecule has 0 N–H and O–H groups in total. The molecule has 0 bridgehead atoms. The summed E-state index contributed by atoms with van der Waals surface area (Å²) >= 11 is 5.86. The highest BCUT2D eigenvalue weighted by molar-refractivity contribution is 6.33. The second-order valence-electron chi connectivity index (χ2n) is 3.66. The first-order chi connectivity index (χ1) is 6.68. The van der Waals surface area contributed by atoms with Gasteiger partial charge in [0, 0.05) is 6.54 Å². The van der Waals surface area contributed by atoms with E-state index in [2.05, 4.69) is 29.0 Å². The van der Waals surface area contributed by atoms with Crippen molar-refractivity contribution in [2.24, 2.45) is 5.92 Å². The molecule has 0 aliphatic rings. The van der Waals surface area contributed by atoms with Gasteiger partial charge in [0.15, 0.2) is 5.15 Å². The first-order valence-electron chi connectivity index (χ1n) is 4.50. The Bertz CT molecular complexity index is 449. The molecule has 0 fully saturated rings. The molecule has 14 heavy (non-hydrogen) atoms. The van der Waals surface area contributed by atoms with Gasteiger partial charge in [-0.1, -0.05) is 25.4 Å². The SMILES string of the molecule is CC(C)Cn1cnc2c(Cl)nncc21. The van der Waals surface area contributed by atoms with Crippen molar-refractivity contribution in [2.75, 3.05) is 0 Å². The molecule has 2 heterocycles. The van der Waals surface area contributed by atoms with Crippen LogP contribution in [-0.4, -0.2) is 19.7 Å². The lowest BCUT2D eigenvalue weighted by Gasteiger charge is -2.06. The Hall–Kier alpha value is -1.16. The molecule has 0 unspecified atom stereocenters. The predicted molar refractivity (Wildman–Crippen MR) is 55.2 cm³/mol. The van der Waals surface area contributed by atoms with Gasteiger partial charge >= 0.3 is 0 Å². The van der Waals surface area contributed by atoms with Crippen molar-refractivity contribution in [1.29, 1.82) is 0 Å². The van der Waals surface area contributed by atoms with Gasteiger partial charge in [0.1, 0.15) is 5.52 Å². The molecule has 0 atom stereocenters. The van der Waals surface area contributed by atoms with Gasteiger partial charge in [-0.05, 0) is 5.92 Å². The molecular formula is C9H11ClN4. The smallest absolute Gasteiger partial charge is 0.179 e. The van der Waals surface area contributed by atoms with E-state index in [0.717, 1.165) is 17.6 Å². The van der Waals surface area contributed by atoms with Crippen LogP contribution in [0.15, 0.2) is 12.5 Å². The third-order valence-electron chi connectivity index (χ3n) is 1.96. The normalized spacial score (nSPS) is 11.4. The minimum Gasteiger partial charge on any atom is -0.329 e. The van der Waals surface area contributed by atoms with E-state index in [1.807, 2.05) is 4.57 Å². The largest absolute Gasteiger partial charge is 0.329 e. The zero-order valence-electron chi connectivity index (χ0n) is 8.11. The van der Waals surface area contributed by atoms with E-state index in [-0.39, 0.29) is 0 Å². The van der Waals surface area contributed by atoms with Gasteiger partial charge in [-0.25, -0.2) is 4.98 Å². The Kier molecular flexibility index (Phi) is 2.37. The summed E-state index contributed by atoms with van der Waals surface area (Å²) in [6, 6.07) is 0. The predicted octanol–water partition coefficient (Wildman–Crippen LogP) is 2.14. The van der Waals surface area contributed by atoms with Crippen LogP contribution < -0.4 is 0 Å². The maximum absolute atomic E-state index is 5.86. The zero-order chi connectivity index (χ0) is 10.1. The van der Waals surface area contributed by atoms with Gasteiger partial charge < -0.3 is 4.57 Å². The molecule has 2 aromatic rings. The van der Waals surface area contributed by atoms with Gasteiger partial charge in [-0.2, -0.15) is 5.10 Å². The van der Waals surface area contributed by atoms with E-state index in [0.29, 0.717) is 11.1 Å². The summed E-state index contributed by atoms with van der Waals surface area (Å²) in [5.41, 5.74) is 1.67. The van der Waals surface area contributed by atoms with E-state index in [9.17, 15) is 0 Å². The van der Waals surface area contributed by atoms with Crippen LogP contribution in [0.3, 0.4) is 0 Å². The third-order valence-corrected chi connectivity index (χ3v) is 2.22. The molecule has 4 nitrogen and oxygen atoms in total. The number of aromatic nitrogens is 4. The quantitative estimate of drug-likeness (QED) is 0.763. The Morgan fingerprint density at radius 2 is 2.29 bits per heavy atom. The molecule has 0 saturated carbocycles. The van der Waals surface area contributed by atoms with Crippen molar-refractivity contribution in [1.82, 2.24) is 19.7 Å². The Labute approximate surface area is 86.9 Å². The summed E-state index contributed by atoms with van der Waals surface area (Å²) in [7, 11) is 0.